The van der Waals surface area contributed by atoms with E-state index in [1.165, 1.54) is 19.8 Å². The van der Waals surface area contributed by atoms with Gasteiger partial charge in [0.25, 0.3) is 0 Å². The highest BCUT2D eigenvalue weighted by Crippen LogP contribution is 2.35. The highest BCUT2D eigenvalue weighted by molar-refractivity contribution is 7.80. The molecule has 6 heteroatoms. The first kappa shape index (κ1) is 16.3. The Morgan fingerprint density at radius 2 is 2.11 bits per heavy atom. The van der Waals surface area contributed by atoms with Gasteiger partial charge in [-0.1, -0.05) is 0 Å². The Hall–Kier alpha value is -0.750. The van der Waals surface area contributed by atoms with Crippen LogP contribution in [0.25, 0.3) is 0 Å². The summed E-state index contributed by atoms with van der Waals surface area (Å²) in [5.41, 5.74) is 0. The van der Waals surface area contributed by atoms with E-state index in [1.54, 1.807) is 7.11 Å². The number of nitrogens with one attached hydrogen (secondary N) is 1. The summed E-state index contributed by atoms with van der Waals surface area (Å²) in [5.74, 6) is 0.609. The van der Waals surface area contributed by atoms with Gasteiger partial charge in [0.05, 0.1) is 6.61 Å². The zero-order valence-electron chi connectivity index (χ0n) is 11.9. The molecule has 19 heavy (non-hydrogen) atoms. The van der Waals surface area contributed by atoms with Crippen LogP contribution in [0.15, 0.2) is 0 Å². The van der Waals surface area contributed by atoms with Gasteiger partial charge >= 0.3 is 0 Å². The molecule has 0 aromatic carbocycles. The van der Waals surface area contributed by atoms with E-state index in [0.29, 0.717) is 24.8 Å². The third kappa shape index (κ3) is 5.03. The molecule has 0 aliphatic heterocycles. The molecule has 0 aromatic heterocycles. The molecule has 0 aromatic rings. The van der Waals surface area contributed by atoms with Gasteiger partial charge in [0.15, 0.2) is 0 Å². The lowest BCUT2D eigenvalue weighted by molar-refractivity contribution is -0.138. The SMILES string of the molecule is COCCN(C(=O)C(CS)NC(C)=O)C(C)C1CC1. The van der Waals surface area contributed by atoms with E-state index in [1.807, 2.05) is 4.90 Å². The van der Waals surface area contributed by atoms with Crippen LogP contribution in [0, 0.1) is 5.92 Å². The van der Waals surface area contributed by atoms with Gasteiger partial charge in [-0.25, -0.2) is 0 Å². The van der Waals surface area contributed by atoms with Gasteiger partial charge in [-0.2, -0.15) is 12.6 Å². The van der Waals surface area contributed by atoms with E-state index in [9.17, 15) is 9.59 Å². The van der Waals surface area contributed by atoms with Gasteiger partial charge in [0.2, 0.25) is 11.8 Å². The largest absolute Gasteiger partial charge is 0.383 e. The average Bonchev–Trinajstić information content (AvgIpc) is 3.19. The van der Waals surface area contributed by atoms with E-state index in [-0.39, 0.29) is 17.9 Å². The van der Waals surface area contributed by atoms with Gasteiger partial charge < -0.3 is 15.0 Å². The first-order chi connectivity index (χ1) is 9.01. The summed E-state index contributed by atoms with van der Waals surface area (Å²) in [6.07, 6.45) is 2.34. The molecule has 0 radical (unpaired) electrons. The Bertz CT molecular complexity index is 321. The molecule has 1 saturated carbocycles. The summed E-state index contributed by atoms with van der Waals surface area (Å²) in [5, 5.41) is 2.65. The third-order valence-electron chi connectivity index (χ3n) is 3.47. The lowest BCUT2D eigenvalue weighted by Crippen LogP contribution is -2.53. The number of ether oxygens (including phenoxy) is 1. The van der Waals surface area contributed by atoms with Crippen molar-refractivity contribution in [3.05, 3.63) is 0 Å². The molecule has 0 spiro atoms. The van der Waals surface area contributed by atoms with Crippen molar-refractivity contribution in [3.8, 4) is 0 Å². The molecular weight excluding hydrogens is 264 g/mol. The van der Waals surface area contributed by atoms with Crippen molar-refractivity contribution in [1.29, 1.82) is 0 Å². The summed E-state index contributed by atoms with van der Waals surface area (Å²) in [7, 11) is 1.62. The molecular formula is C13H24N2O3S. The number of thiol groups is 1. The van der Waals surface area contributed by atoms with Crippen molar-refractivity contribution in [1.82, 2.24) is 10.2 Å². The van der Waals surface area contributed by atoms with Crippen LogP contribution in [-0.2, 0) is 14.3 Å². The fourth-order valence-corrected chi connectivity index (χ4v) is 2.42. The Morgan fingerprint density at radius 1 is 1.47 bits per heavy atom. The monoisotopic (exact) mass is 288 g/mol. The first-order valence-electron chi connectivity index (χ1n) is 6.68. The highest BCUT2D eigenvalue weighted by Gasteiger charge is 2.36. The number of carbonyl (C=O) groups is 2. The second-order valence-corrected chi connectivity index (χ2v) is 5.40. The van der Waals surface area contributed by atoms with Crippen molar-refractivity contribution >= 4 is 24.4 Å². The number of nitrogens with zero attached hydrogens (tertiary/aromatic N) is 1. The van der Waals surface area contributed by atoms with Crippen LogP contribution >= 0.6 is 12.6 Å². The maximum absolute atomic E-state index is 12.5. The molecule has 2 unspecified atom stereocenters. The van der Waals surface area contributed by atoms with Crippen molar-refractivity contribution in [2.45, 2.75) is 38.8 Å². The Kier molecular flexibility index (Phi) is 6.65. The van der Waals surface area contributed by atoms with Crippen molar-refractivity contribution < 1.29 is 14.3 Å². The van der Waals surface area contributed by atoms with Crippen LogP contribution in [-0.4, -0.2) is 54.8 Å². The minimum absolute atomic E-state index is 0.0679. The first-order valence-corrected chi connectivity index (χ1v) is 7.31. The Morgan fingerprint density at radius 3 is 2.53 bits per heavy atom. The van der Waals surface area contributed by atoms with Gasteiger partial charge in [-0.3, -0.25) is 9.59 Å². The fraction of sp³-hybridized carbons (Fsp3) is 0.846. The van der Waals surface area contributed by atoms with E-state index < -0.39 is 6.04 Å². The predicted molar refractivity (Wildman–Crippen MR) is 77.2 cm³/mol. The molecule has 110 valence electrons. The second-order valence-electron chi connectivity index (χ2n) is 5.04. The number of carbonyl (C=O) groups excluding carboxylic acids is 2. The van der Waals surface area contributed by atoms with Gasteiger partial charge in [0.1, 0.15) is 6.04 Å². The summed E-state index contributed by atoms with van der Waals surface area (Å²) in [4.78, 5) is 25.4. The number of hydrogen-bond donors (Lipinski definition) is 2. The zero-order valence-corrected chi connectivity index (χ0v) is 12.8. The van der Waals surface area contributed by atoms with Crippen LogP contribution in [0.4, 0.5) is 0 Å². The standard InChI is InChI=1S/C13H24N2O3S/c1-9(11-4-5-11)15(6-7-18-3)13(17)12(8-19)14-10(2)16/h9,11-12,19H,4-8H2,1-3H3,(H,14,16). The van der Waals surface area contributed by atoms with E-state index in [0.717, 1.165) is 0 Å². The number of methoxy groups -OCH3 is 1. The highest BCUT2D eigenvalue weighted by atomic mass is 32.1. The van der Waals surface area contributed by atoms with E-state index >= 15 is 0 Å². The van der Waals surface area contributed by atoms with Crippen LogP contribution in [0.3, 0.4) is 0 Å². The average molecular weight is 288 g/mol. The lowest BCUT2D eigenvalue weighted by atomic mass is 10.1. The molecule has 5 nitrogen and oxygen atoms in total. The molecule has 1 aliphatic rings. The minimum Gasteiger partial charge on any atom is -0.383 e. The molecule has 0 bridgehead atoms. The maximum Gasteiger partial charge on any atom is 0.246 e. The normalized spacial score (nSPS) is 17.7. The summed E-state index contributed by atoms with van der Waals surface area (Å²) < 4.78 is 5.07. The summed E-state index contributed by atoms with van der Waals surface area (Å²) in [6.45, 7) is 4.53. The third-order valence-corrected chi connectivity index (χ3v) is 3.84. The number of rotatable bonds is 8. The fourth-order valence-electron chi connectivity index (χ4n) is 2.17. The van der Waals surface area contributed by atoms with Crippen LogP contribution < -0.4 is 5.32 Å². The lowest BCUT2D eigenvalue weighted by Gasteiger charge is -2.32. The van der Waals surface area contributed by atoms with Gasteiger partial charge in [-0.05, 0) is 25.7 Å². The Labute approximate surface area is 120 Å². The second kappa shape index (κ2) is 7.75. The van der Waals surface area contributed by atoms with Gasteiger partial charge in [0, 0.05) is 32.4 Å². The maximum atomic E-state index is 12.5. The molecule has 1 rings (SSSR count). The van der Waals surface area contributed by atoms with Crippen LogP contribution in [0.2, 0.25) is 0 Å². The summed E-state index contributed by atoms with van der Waals surface area (Å²) in [6, 6.07) is -0.363. The van der Waals surface area contributed by atoms with Crippen molar-refractivity contribution in [2.24, 2.45) is 5.92 Å². The van der Waals surface area contributed by atoms with Gasteiger partial charge in [-0.15, -0.1) is 0 Å². The van der Waals surface area contributed by atoms with Crippen LogP contribution in [0.1, 0.15) is 26.7 Å². The minimum atomic E-state index is -0.557. The molecule has 2 amide bonds. The molecule has 1 aliphatic carbocycles. The summed E-state index contributed by atoms with van der Waals surface area (Å²) >= 11 is 4.16. The topological polar surface area (TPSA) is 58.6 Å². The quantitative estimate of drug-likeness (QED) is 0.646. The van der Waals surface area contributed by atoms with Crippen LogP contribution in [0.5, 0.6) is 0 Å². The molecule has 1 fully saturated rings. The zero-order chi connectivity index (χ0) is 14.4. The van der Waals surface area contributed by atoms with E-state index in [2.05, 4.69) is 24.9 Å². The predicted octanol–water partition coefficient (Wildman–Crippen LogP) is 0.694. The molecule has 0 heterocycles. The van der Waals surface area contributed by atoms with Crippen molar-refractivity contribution in [2.75, 3.05) is 26.0 Å². The smallest absolute Gasteiger partial charge is 0.246 e. The van der Waals surface area contributed by atoms with Crippen molar-refractivity contribution in [3.63, 3.8) is 0 Å². The number of hydrogen-bond acceptors (Lipinski definition) is 4. The van der Waals surface area contributed by atoms with E-state index in [4.69, 9.17) is 4.74 Å². The Balaban J connectivity index is 2.69. The molecule has 1 N–H and O–H groups in total. The number of amides is 2. The molecule has 2 atom stereocenters. The molecule has 0 saturated heterocycles.